The lowest BCUT2D eigenvalue weighted by molar-refractivity contribution is -0.124. The Hall–Kier alpha value is -1.96. The highest BCUT2D eigenvalue weighted by atomic mass is 16.5. The summed E-state index contributed by atoms with van der Waals surface area (Å²) in [4.78, 5) is 24.2. The number of carbonyl (C=O) groups excluding carboxylic acids is 2. The molecule has 138 valence electrons. The summed E-state index contributed by atoms with van der Waals surface area (Å²) >= 11 is 0. The Balaban J connectivity index is 1.73. The standard InChI is InChI=1S/C18H26N2O5/c1-23-11-12-24-9-4-8-19-17(21)14-5-2-6-15(13-14)20-18(22)16-7-3-10-25-16/h2,5-6,13,16H,3-4,7-12H2,1H3,(H,19,21)(H,20,22). The van der Waals surface area contributed by atoms with Crippen LogP contribution in [0, 0.1) is 0 Å². The summed E-state index contributed by atoms with van der Waals surface area (Å²) in [5.41, 5.74) is 1.10. The first-order valence-corrected chi connectivity index (χ1v) is 8.58. The van der Waals surface area contributed by atoms with Crippen molar-refractivity contribution in [2.24, 2.45) is 0 Å². The molecule has 1 saturated heterocycles. The molecule has 1 fully saturated rings. The van der Waals surface area contributed by atoms with E-state index in [-0.39, 0.29) is 11.8 Å². The van der Waals surface area contributed by atoms with Crippen molar-refractivity contribution in [3.63, 3.8) is 0 Å². The molecule has 0 bridgehead atoms. The Labute approximate surface area is 148 Å². The van der Waals surface area contributed by atoms with Crippen LogP contribution < -0.4 is 10.6 Å². The highest BCUT2D eigenvalue weighted by molar-refractivity contribution is 5.98. The maximum Gasteiger partial charge on any atom is 0.253 e. The third kappa shape index (κ3) is 6.81. The van der Waals surface area contributed by atoms with E-state index in [0.29, 0.717) is 44.2 Å². The van der Waals surface area contributed by atoms with Crippen molar-refractivity contribution in [1.29, 1.82) is 0 Å². The Morgan fingerprint density at radius 3 is 2.92 bits per heavy atom. The van der Waals surface area contributed by atoms with Gasteiger partial charge in [-0.2, -0.15) is 0 Å². The van der Waals surface area contributed by atoms with E-state index < -0.39 is 6.10 Å². The molecule has 7 heteroatoms. The molecule has 0 spiro atoms. The van der Waals surface area contributed by atoms with Gasteiger partial charge < -0.3 is 24.8 Å². The van der Waals surface area contributed by atoms with Crippen molar-refractivity contribution in [3.05, 3.63) is 29.8 Å². The highest BCUT2D eigenvalue weighted by Crippen LogP contribution is 2.16. The normalized spacial score (nSPS) is 16.6. The van der Waals surface area contributed by atoms with Gasteiger partial charge in [0.2, 0.25) is 0 Å². The van der Waals surface area contributed by atoms with Crippen molar-refractivity contribution in [1.82, 2.24) is 5.32 Å². The largest absolute Gasteiger partial charge is 0.382 e. The summed E-state index contributed by atoms with van der Waals surface area (Å²) in [5.74, 6) is -0.339. The van der Waals surface area contributed by atoms with Gasteiger partial charge >= 0.3 is 0 Å². The van der Waals surface area contributed by atoms with Gasteiger partial charge in [0.1, 0.15) is 6.10 Å². The maximum atomic E-state index is 12.2. The van der Waals surface area contributed by atoms with Gasteiger partial charge in [-0.15, -0.1) is 0 Å². The van der Waals surface area contributed by atoms with Crippen LogP contribution in [0.5, 0.6) is 0 Å². The van der Waals surface area contributed by atoms with Crippen molar-refractivity contribution in [2.45, 2.75) is 25.4 Å². The lowest BCUT2D eigenvalue weighted by Gasteiger charge is -2.11. The van der Waals surface area contributed by atoms with E-state index in [1.807, 2.05) is 0 Å². The van der Waals surface area contributed by atoms with E-state index in [1.165, 1.54) is 0 Å². The number of ether oxygens (including phenoxy) is 3. The maximum absolute atomic E-state index is 12.2. The minimum absolute atomic E-state index is 0.164. The van der Waals surface area contributed by atoms with Crippen LogP contribution >= 0.6 is 0 Å². The number of hydrogen-bond donors (Lipinski definition) is 2. The van der Waals surface area contributed by atoms with Crippen molar-refractivity contribution in [3.8, 4) is 0 Å². The molecule has 1 aromatic rings. The van der Waals surface area contributed by atoms with Crippen LogP contribution in [-0.2, 0) is 19.0 Å². The van der Waals surface area contributed by atoms with Crippen LogP contribution in [0.15, 0.2) is 24.3 Å². The van der Waals surface area contributed by atoms with E-state index in [4.69, 9.17) is 14.2 Å². The van der Waals surface area contributed by atoms with Gasteiger partial charge in [0.25, 0.3) is 11.8 Å². The summed E-state index contributed by atoms with van der Waals surface area (Å²) in [6.45, 7) is 2.84. The lowest BCUT2D eigenvalue weighted by atomic mass is 10.1. The summed E-state index contributed by atoms with van der Waals surface area (Å²) in [6, 6.07) is 6.88. The van der Waals surface area contributed by atoms with Gasteiger partial charge in [-0.05, 0) is 37.5 Å². The molecule has 0 radical (unpaired) electrons. The zero-order valence-electron chi connectivity index (χ0n) is 14.6. The molecule has 0 aromatic heterocycles. The fourth-order valence-electron chi connectivity index (χ4n) is 2.47. The third-order valence-electron chi connectivity index (χ3n) is 3.80. The molecule has 2 amide bonds. The third-order valence-corrected chi connectivity index (χ3v) is 3.80. The van der Waals surface area contributed by atoms with Gasteiger partial charge in [0.05, 0.1) is 13.2 Å². The highest BCUT2D eigenvalue weighted by Gasteiger charge is 2.23. The summed E-state index contributed by atoms with van der Waals surface area (Å²) in [6.07, 6.45) is 1.97. The molecule has 0 saturated carbocycles. The van der Waals surface area contributed by atoms with Crippen molar-refractivity contribution >= 4 is 17.5 Å². The molecule has 1 aromatic carbocycles. The van der Waals surface area contributed by atoms with Gasteiger partial charge in [0, 0.05) is 38.1 Å². The van der Waals surface area contributed by atoms with Gasteiger partial charge in [0.15, 0.2) is 0 Å². The lowest BCUT2D eigenvalue weighted by Crippen LogP contribution is -2.27. The number of nitrogens with one attached hydrogen (secondary N) is 2. The minimum Gasteiger partial charge on any atom is -0.382 e. The molecule has 2 N–H and O–H groups in total. The monoisotopic (exact) mass is 350 g/mol. The number of rotatable bonds is 10. The first-order valence-electron chi connectivity index (χ1n) is 8.58. The number of anilines is 1. The fraction of sp³-hybridized carbons (Fsp3) is 0.556. The fourth-order valence-corrected chi connectivity index (χ4v) is 2.47. The first kappa shape index (κ1) is 19.4. The van der Waals surface area contributed by atoms with E-state index in [0.717, 1.165) is 19.3 Å². The average molecular weight is 350 g/mol. The van der Waals surface area contributed by atoms with E-state index >= 15 is 0 Å². The average Bonchev–Trinajstić information content (AvgIpc) is 3.16. The van der Waals surface area contributed by atoms with Crippen LogP contribution in [0.1, 0.15) is 29.6 Å². The smallest absolute Gasteiger partial charge is 0.253 e. The van der Waals surface area contributed by atoms with Crippen molar-refractivity contribution in [2.75, 3.05) is 45.4 Å². The molecular weight excluding hydrogens is 324 g/mol. The predicted octanol–water partition coefficient (Wildman–Crippen LogP) is 1.59. The number of amides is 2. The molecule has 25 heavy (non-hydrogen) atoms. The molecule has 1 unspecified atom stereocenters. The van der Waals surface area contributed by atoms with Crippen molar-refractivity contribution < 1.29 is 23.8 Å². The second kappa shape index (κ2) is 10.8. The topological polar surface area (TPSA) is 85.9 Å². The zero-order chi connectivity index (χ0) is 17.9. The van der Waals surface area contributed by atoms with Crippen LogP contribution in [0.2, 0.25) is 0 Å². The second-order valence-electron chi connectivity index (χ2n) is 5.79. The van der Waals surface area contributed by atoms with Crippen LogP contribution in [0.25, 0.3) is 0 Å². The molecule has 1 heterocycles. The molecule has 7 nitrogen and oxygen atoms in total. The Kier molecular flexibility index (Phi) is 8.38. The number of benzene rings is 1. The second-order valence-corrected chi connectivity index (χ2v) is 5.79. The first-order chi connectivity index (χ1) is 12.2. The number of methoxy groups -OCH3 is 1. The SMILES string of the molecule is COCCOCCCNC(=O)c1cccc(NC(=O)C2CCCO2)c1. The summed E-state index contributed by atoms with van der Waals surface area (Å²) in [7, 11) is 1.63. The quantitative estimate of drug-likeness (QED) is 0.626. The minimum atomic E-state index is -0.393. The molecule has 1 aliphatic rings. The zero-order valence-corrected chi connectivity index (χ0v) is 14.6. The Morgan fingerprint density at radius 1 is 1.28 bits per heavy atom. The predicted molar refractivity (Wildman–Crippen MR) is 93.7 cm³/mol. The number of carbonyl (C=O) groups is 2. The van der Waals surface area contributed by atoms with Gasteiger partial charge in [-0.25, -0.2) is 0 Å². The summed E-state index contributed by atoms with van der Waals surface area (Å²) < 4.78 is 15.6. The summed E-state index contributed by atoms with van der Waals surface area (Å²) in [5, 5.41) is 5.64. The molecule has 1 atom stereocenters. The van der Waals surface area contributed by atoms with E-state index in [2.05, 4.69) is 10.6 Å². The van der Waals surface area contributed by atoms with Crippen LogP contribution in [0.3, 0.4) is 0 Å². The van der Waals surface area contributed by atoms with E-state index in [9.17, 15) is 9.59 Å². The molecule has 2 rings (SSSR count). The Bertz CT molecular complexity index is 558. The molecule has 0 aliphatic carbocycles. The molecule has 1 aliphatic heterocycles. The Morgan fingerprint density at radius 2 is 2.16 bits per heavy atom. The number of hydrogen-bond acceptors (Lipinski definition) is 5. The van der Waals surface area contributed by atoms with Crippen LogP contribution in [0.4, 0.5) is 5.69 Å². The van der Waals surface area contributed by atoms with Gasteiger partial charge in [-0.1, -0.05) is 6.07 Å². The van der Waals surface area contributed by atoms with Crippen LogP contribution in [-0.4, -0.2) is 58.0 Å². The van der Waals surface area contributed by atoms with Gasteiger partial charge in [-0.3, -0.25) is 9.59 Å². The molecular formula is C18H26N2O5. The van der Waals surface area contributed by atoms with E-state index in [1.54, 1.807) is 31.4 Å².